The lowest BCUT2D eigenvalue weighted by Crippen LogP contribution is -2.46. The molecule has 226 valence electrons. The minimum atomic E-state index is -1.44. The van der Waals surface area contributed by atoms with Crippen molar-refractivity contribution in [2.24, 2.45) is 11.7 Å². The van der Waals surface area contributed by atoms with Crippen molar-refractivity contribution >= 4 is 53.7 Å². The minimum absolute atomic E-state index is 0. The molecule has 2 fully saturated rings. The smallest absolute Gasteiger partial charge is 0.258 e. The van der Waals surface area contributed by atoms with Crippen LogP contribution >= 0.6 is 24.8 Å². The Labute approximate surface area is 252 Å². The summed E-state index contributed by atoms with van der Waals surface area (Å²) in [6.07, 6.45) is 3.79. The van der Waals surface area contributed by atoms with E-state index in [2.05, 4.69) is 17.2 Å². The number of piperidine rings is 1. The molecule has 0 aliphatic carbocycles. The molecule has 8 nitrogen and oxygen atoms in total. The molecule has 3 heterocycles. The number of hydrogen-bond donors (Lipinski definition) is 2. The predicted octanol–water partition coefficient (Wildman–Crippen LogP) is 4.94. The van der Waals surface area contributed by atoms with Crippen LogP contribution in [0.1, 0.15) is 23.7 Å². The molecule has 0 unspecified atom stereocenters. The number of halogens is 6. The van der Waals surface area contributed by atoms with Crippen LogP contribution in [0.25, 0.3) is 11.1 Å². The van der Waals surface area contributed by atoms with E-state index in [0.717, 1.165) is 35.6 Å². The molecule has 1 aromatic heterocycles. The van der Waals surface area contributed by atoms with Crippen molar-refractivity contribution < 1.29 is 31.9 Å². The highest BCUT2D eigenvalue weighted by Gasteiger charge is 2.29. The van der Waals surface area contributed by atoms with E-state index < -0.39 is 51.8 Å². The highest BCUT2D eigenvalue weighted by atomic mass is 35.5. The zero-order valence-electron chi connectivity index (χ0n) is 22.4. The minimum Gasteiger partial charge on any atom is -0.370 e. The Hall–Kier alpha value is -3.45. The van der Waals surface area contributed by atoms with Crippen LogP contribution in [0.2, 0.25) is 0 Å². The number of nitrogens with two attached hydrogens (primary N) is 1. The molecule has 0 spiro atoms. The molecular formula is C28H29Cl2F4N5O3. The molecule has 2 aromatic carbocycles. The first kappa shape index (κ1) is 33.1. The van der Waals surface area contributed by atoms with Crippen LogP contribution in [0, 0.1) is 29.2 Å². The Kier molecular flexibility index (Phi) is 10.8. The number of pyridine rings is 1. The van der Waals surface area contributed by atoms with Gasteiger partial charge >= 0.3 is 0 Å². The van der Waals surface area contributed by atoms with Crippen molar-refractivity contribution in [2.75, 3.05) is 48.0 Å². The lowest BCUT2D eigenvalue weighted by atomic mass is 9.96. The number of nitrogens with zero attached hydrogens (tertiary/aromatic N) is 3. The molecule has 3 aromatic rings. The summed E-state index contributed by atoms with van der Waals surface area (Å²) < 4.78 is 65.9. The number of rotatable bonds is 5. The summed E-state index contributed by atoms with van der Waals surface area (Å²) in [7, 11) is 0. The zero-order valence-corrected chi connectivity index (χ0v) is 24.0. The first-order valence-corrected chi connectivity index (χ1v) is 12.8. The molecule has 42 heavy (non-hydrogen) atoms. The van der Waals surface area contributed by atoms with Crippen LogP contribution in [0.3, 0.4) is 0 Å². The van der Waals surface area contributed by atoms with Crippen LogP contribution in [0.5, 0.6) is 0 Å². The number of carbonyl (C=O) groups is 2. The fourth-order valence-corrected chi connectivity index (χ4v) is 5.25. The van der Waals surface area contributed by atoms with Crippen molar-refractivity contribution in [3.63, 3.8) is 0 Å². The van der Waals surface area contributed by atoms with Gasteiger partial charge in [-0.25, -0.2) is 17.6 Å². The molecule has 2 amide bonds. The summed E-state index contributed by atoms with van der Waals surface area (Å²) in [4.78, 5) is 32.4. The van der Waals surface area contributed by atoms with Gasteiger partial charge in [-0.2, -0.15) is 0 Å². The Morgan fingerprint density at radius 1 is 1.05 bits per heavy atom. The average Bonchev–Trinajstić information content (AvgIpc) is 2.90. The number of amides is 2. The van der Waals surface area contributed by atoms with Crippen LogP contribution in [0.15, 0.2) is 42.7 Å². The van der Waals surface area contributed by atoms with E-state index in [1.54, 1.807) is 12.3 Å². The Bertz CT molecular complexity index is 1450. The van der Waals surface area contributed by atoms with Crippen LogP contribution in [-0.4, -0.2) is 55.7 Å². The van der Waals surface area contributed by atoms with Crippen molar-refractivity contribution in [1.82, 2.24) is 4.98 Å². The topological polar surface area (TPSA) is 101 Å². The van der Waals surface area contributed by atoms with Crippen LogP contribution in [0.4, 0.5) is 34.6 Å². The quantitative estimate of drug-likeness (QED) is 0.388. The standard InChI is InChI=1S/C28H27F4N5O3.2ClH/c1-15-8-16(33)13-36(12-15)23-4-5-34-11-22(23)35-28(39)18-2-3-19(29)26(27(18)32)25-20(30)9-17(10-21(25)31)37-6-7-40-14-24(37)38;;/h2-5,9-11,15-16H,6-8,12-14,33H2,1H3,(H,35,39);2*1H/t15-,16+;;/m1../s1. The molecule has 2 aliphatic rings. The third kappa shape index (κ3) is 6.62. The zero-order chi connectivity index (χ0) is 28.6. The highest BCUT2D eigenvalue weighted by Crippen LogP contribution is 2.36. The summed E-state index contributed by atoms with van der Waals surface area (Å²) in [6, 6.07) is 4.92. The van der Waals surface area contributed by atoms with Crippen molar-refractivity contribution in [3.05, 3.63) is 71.6 Å². The van der Waals surface area contributed by atoms with Crippen molar-refractivity contribution in [1.29, 1.82) is 0 Å². The number of ether oxygens (including phenoxy) is 1. The van der Waals surface area contributed by atoms with Gasteiger partial charge in [0.05, 0.1) is 40.9 Å². The maximum absolute atomic E-state index is 15.6. The van der Waals surface area contributed by atoms with Crippen molar-refractivity contribution in [2.45, 2.75) is 19.4 Å². The third-order valence-electron chi connectivity index (χ3n) is 6.99. The van der Waals surface area contributed by atoms with E-state index in [0.29, 0.717) is 24.7 Å². The average molecular weight is 630 g/mol. The molecule has 2 aliphatic heterocycles. The van der Waals surface area contributed by atoms with E-state index in [-0.39, 0.29) is 62.0 Å². The number of anilines is 3. The molecular weight excluding hydrogens is 601 g/mol. The first-order chi connectivity index (χ1) is 19.1. The van der Waals surface area contributed by atoms with Gasteiger partial charge in [-0.15, -0.1) is 24.8 Å². The Morgan fingerprint density at radius 2 is 1.76 bits per heavy atom. The van der Waals surface area contributed by atoms with E-state index in [1.807, 2.05) is 4.90 Å². The highest BCUT2D eigenvalue weighted by molar-refractivity contribution is 6.06. The lowest BCUT2D eigenvalue weighted by Gasteiger charge is -2.37. The second kappa shape index (κ2) is 13.7. The molecule has 3 N–H and O–H groups in total. The monoisotopic (exact) mass is 629 g/mol. The predicted molar refractivity (Wildman–Crippen MR) is 156 cm³/mol. The lowest BCUT2D eigenvalue weighted by molar-refractivity contribution is -0.125. The Morgan fingerprint density at radius 3 is 2.43 bits per heavy atom. The summed E-state index contributed by atoms with van der Waals surface area (Å²) in [5.74, 6) is -6.46. The third-order valence-corrected chi connectivity index (χ3v) is 6.99. The van der Waals surface area contributed by atoms with Gasteiger partial charge in [0.1, 0.15) is 29.9 Å². The molecule has 0 saturated carbocycles. The molecule has 14 heteroatoms. The fourth-order valence-electron chi connectivity index (χ4n) is 5.25. The number of carbonyl (C=O) groups excluding carboxylic acids is 2. The number of aromatic nitrogens is 1. The second-order valence-electron chi connectivity index (χ2n) is 10.0. The second-order valence-corrected chi connectivity index (χ2v) is 10.0. The molecule has 0 bridgehead atoms. The molecule has 2 saturated heterocycles. The maximum Gasteiger partial charge on any atom is 0.258 e. The van der Waals surface area contributed by atoms with Crippen molar-refractivity contribution in [3.8, 4) is 11.1 Å². The number of morpholine rings is 1. The van der Waals surface area contributed by atoms with Gasteiger partial charge in [-0.05, 0) is 42.7 Å². The molecule has 5 rings (SSSR count). The SMILES string of the molecule is C[C@@H]1C[C@H](N)CN(c2ccncc2NC(=O)c2ccc(F)c(-c3c(F)cc(N4CCOCC4=O)cc3F)c2F)C1.Cl.Cl. The first-order valence-electron chi connectivity index (χ1n) is 12.8. The van der Waals surface area contributed by atoms with Gasteiger partial charge in [0.15, 0.2) is 0 Å². The number of benzene rings is 2. The largest absolute Gasteiger partial charge is 0.370 e. The van der Waals surface area contributed by atoms with Gasteiger partial charge in [0, 0.05) is 37.6 Å². The Balaban J connectivity index is 0.00000242. The summed E-state index contributed by atoms with van der Waals surface area (Å²) in [5.41, 5.74) is 4.30. The summed E-state index contributed by atoms with van der Waals surface area (Å²) in [6.45, 7) is 3.25. The number of nitrogens with one attached hydrogen (secondary N) is 1. The van der Waals surface area contributed by atoms with Gasteiger partial charge in [-0.1, -0.05) is 6.92 Å². The summed E-state index contributed by atoms with van der Waals surface area (Å²) >= 11 is 0. The van der Waals surface area contributed by atoms with E-state index in [1.165, 1.54) is 6.20 Å². The van der Waals surface area contributed by atoms with Crippen LogP contribution < -0.4 is 20.9 Å². The maximum atomic E-state index is 15.6. The van der Waals surface area contributed by atoms with Gasteiger partial charge in [-0.3, -0.25) is 14.6 Å². The van der Waals surface area contributed by atoms with Gasteiger partial charge in [0.2, 0.25) is 0 Å². The van der Waals surface area contributed by atoms with E-state index >= 15 is 13.2 Å². The van der Waals surface area contributed by atoms with E-state index in [4.69, 9.17) is 10.5 Å². The summed E-state index contributed by atoms with van der Waals surface area (Å²) in [5, 5.41) is 2.59. The van der Waals surface area contributed by atoms with Gasteiger partial charge < -0.3 is 25.6 Å². The van der Waals surface area contributed by atoms with Gasteiger partial charge in [0.25, 0.3) is 11.8 Å². The normalized spacial score (nSPS) is 18.7. The molecule has 0 radical (unpaired) electrons. The van der Waals surface area contributed by atoms with E-state index in [9.17, 15) is 14.0 Å². The number of hydrogen-bond acceptors (Lipinski definition) is 6. The molecule has 2 atom stereocenters. The fraction of sp³-hybridized carbons (Fsp3) is 0.321. The van der Waals surface area contributed by atoms with Crippen LogP contribution in [-0.2, 0) is 9.53 Å².